The van der Waals surface area contributed by atoms with E-state index in [2.05, 4.69) is 15.5 Å². The lowest BCUT2D eigenvalue weighted by Gasteiger charge is -2.14. The minimum atomic E-state index is -3.52. The van der Waals surface area contributed by atoms with Crippen molar-refractivity contribution in [2.45, 2.75) is 42.2 Å². The number of nitrogens with one attached hydrogen (secondary N) is 1. The molecule has 0 radical (unpaired) electrons. The Morgan fingerprint density at radius 2 is 1.70 bits per heavy atom. The second-order valence-electron chi connectivity index (χ2n) is 6.70. The molecule has 1 heterocycles. The van der Waals surface area contributed by atoms with E-state index in [1.807, 2.05) is 44.2 Å². The fourth-order valence-corrected chi connectivity index (χ4v) is 5.09. The Morgan fingerprint density at radius 1 is 1.07 bits per heavy atom. The first-order valence-corrected chi connectivity index (χ1v) is 12.2. The fourth-order valence-electron chi connectivity index (χ4n) is 2.97. The maximum Gasteiger partial charge on any atom is 0.230 e. The van der Waals surface area contributed by atoms with Crippen LogP contribution in [0.15, 0.2) is 70.7 Å². The Bertz CT molecular complexity index is 1080. The van der Waals surface area contributed by atoms with Crippen LogP contribution >= 0.6 is 11.8 Å². The van der Waals surface area contributed by atoms with E-state index in [1.165, 1.54) is 11.8 Å². The van der Waals surface area contributed by atoms with Gasteiger partial charge in [-0.2, -0.15) is 0 Å². The quantitative estimate of drug-likeness (QED) is 0.509. The normalized spacial score (nSPS) is 12.5. The van der Waals surface area contributed by atoms with E-state index in [-0.39, 0.29) is 28.4 Å². The first-order chi connectivity index (χ1) is 14.4. The van der Waals surface area contributed by atoms with Crippen LogP contribution in [0.2, 0.25) is 0 Å². The molecule has 0 bridgehead atoms. The summed E-state index contributed by atoms with van der Waals surface area (Å²) in [5, 5.41) is 11.7. The summed E-state index contributed by atoms with van der Waals surface area (Å²) in [4.78, 5) is 12.6. The standard InChI is InChI=1S/C21H24N4O3S2/c1-3-25-19(15-30(27,28)18-12-8-5-9-13-18)23-24-21(25)29-14-20(26)22-16(2)17-10-6-4-7-11-17/h4-13,16H,3,14-15H2,1-2H3,(H,22,26). The number of thioether (sulfide) groups is 1. The van der Waals surface area contributed by atoms with Crippen molar-refractivity contribution >= 4 is 27.5 Å². The third kappa shape index (κ3) is 5.48. The lowest BCUT2D eigenvalue weighted by Crippen LogP contribution is -2.28. The van der Waals surface area contributed by atoms with Crippen LogP contribution in [0.3, 0.4) is 0 Å². The van der Waals surface area contributed by atoms with Crippen LogP contribution < -0.4 is 5.32 Å². The van der Waals surface area contributed by atoms with Gasteiger partial charge in [-0.25, -0.2) is 8.42 Å². The summed E-state index contributed by atoms with van der Waals surface area (Å²) in [5.74, 6) is 0.165. The second kappa shape index (κ2) is 9.90. The molecule has 0 fully saturated rings. The highest BCUT2D eigenvalue weighted by Crippen LogP contribution is 2.21. The molecule has 0 aliphatic carbocycles. The van der Waals surface area contributed by atoms with Crippen molar-refractivity contribution < 1.29 is 13.2 Å². The minimum absolute atomic E-state index is 0.102. The number of hydrogen-bond acceptors (Lipinski definition) is 6. The van der Waals surface area contributed by atoms with Gasteiger partial charge in [0, 0.05) is 6.54 Å². The minimum Gasteiger partial charge on any atom is -0.349 e. The van der Waals surface area contributed by atoms with Crippen LogP contribution in [0.5, 0.6) is 0 Å². The van der Waals surface area contributed by atoms with E-state index in [0.717, 1.165) is 5.56 Å². The van der Waals surface area contributed by atoms with Gasteiger partial charge in [0.15, 0.2) is 15.0 Å². The van der Waals surface area contributed by atoms with Crippen LogP contribution in [0.25, 0.3) is 0 Å². The molecule has 1 amide bonds. The SMILES string of the molecule is CCn1c(CS(=O)(=O)c2ccccc2)nnc1SCC(=O)NC(C)c1ccccc1. The van der Waals surface area contributed by atoms with E-state index in [9.17, 15) is 13.2 Å². The smallest absolute Gasteiger partial charge is 0.230 e. The van der Waals surface area contributed by atoms with Gasteiger partial charge in [0.05, 0.1) is 16.7 Å². The summed E-state index contributed by atoms with van der Waals surface area (Å²) in [6, 6.07) is 17.9. The molecule has 7 nitrogen and oxygen atoms in total. The molecule has 2 aromatic carbocycles. The van der Waals surface area contributed by atoms with Crippen LogP contribution in [0.1, 0.15) is 31.3 Å². The zero-order valence-corrected chi connectivity index (χ0v) is 18.5. The van der Waals surface area contributed by atoms with Crippen LogP contribution in [-0.2, 0) is 26.9 Å². The van der Waals surface area contributed by atoms with Crippen molar-refractivity contribution in [1.29, 1.82) is 0 Å². The molecule has 0 spiro atoms. The molecule has 0 aliphatic rings. The third-order valence-corrected chi connectivity index (χ3v) is 7.14. The van der Waals surface area contributed by atoms with E-state index >= 15 is 0 Å². The predicted molar refractivity (Wildman–Crippen MR) is 117 cm³/mol. The van der Waals surface area contributed by atoms with Gasteiger partial charge in [-0.15, -0.1) is 10.2 Å². The Hall–Kier alpha value is -2.65. The molecule has 158 valence electrons. The highest BCUT2D eigenvalue weighted by Gasteiger charge is 2.21. The predicted octanol–water partition coefficient (Wildman–Crippen LogP) is 3.24. The topological polar surface area (TPSA) is 93.9 Å². The van der Waals surface area contributed by atoms with Crippen LogP contribution in [-0.4, -0.2) is 34.8 Å². The number of carbonyl (C=O) groups excluding carboxylic acids is 1. The third-order valence-electron chi connectivity index (χ3n) is 4.54. The summed E-state index contributed by atoms with van der Waals surface area (Å²) in [6.07, 6.45) is 0. The summed E-state index contributed by atoms with van der Waals surface area (Å²) in [6.45, 7) is 4.33. The van der Waals surface area contributed by atoms with Crippen molar-refractivity contribution in [3.05, 3.63) is 72.1 Å². The number of hydrogen-bond donors (Lipinski definition) is 1. The number of amides is 1. The fraction of sp³-hybridized carbons (Fsp3) is 0.286. The van der Waals surface area contributed by atoms with Crippen LogP contribution in [0.4, 0.5) is 0 Å². The summed E-state index contributed by atoms with van der Waals surface area (Å²) in [7, 11) is -3.52. The Balaban J connectivity index is 1.64. The number of benzene rings is 2. The van der Waals surface area contributed by atoms with Gasteiger partial charge in [-0.1, -0.05) is 60.3 Å². The van der Waals surface area contributed by atoms with Crippen LogP contribution in [0, 0.1) is 0 Å². The lowest BCUT2D eigenvalue weighted by atomic mass is 10.1. The van der Waals surface area contributed by atoms with Crippen molar-refractivity contribution in [2.24, 2.45) is 0 Å². The van der Waals surface area contributed by atoms with Gasteiger partial charge in [-0.3, -0.25) is 4.79 Å². The molecule has 1 N–H and O–H groups in total. The molecule has 1 unspecified atom stereocenters. The number of aromatic nitrogens is 3. The van der Waals surface area contributed by atoms with Crippen molar-refractivity contribution in [1.82, 2.24) is 20.1 Å². The first kappa shape index (κ1) is 22.0. The highest BCUT2D eigenvalue weighted by molar-refractivity contribution is 7.99. The summed E-state index contributed by atoms with van der Waals surface area (Å²) >= 11 is 1.24. The van der Waals surface area contributed by atoms with E-state index < -0.39 is 9.84 Å². The Kier molecular flexibility index (Phi) is 7.28. The molecule has 0 aliphatic heterocycles. The van der Waals surface area contributed by atoms with E-state index in [1.54, 1.807) is 34.9 Å². The van der Waals surface area contributed by atoms with Crippen molar-refractivity contribution in [3.8, 4) is 0 Å². The largest absolute Gasteiger partial charge is 0.349 e. The van der Waals surface area contributed by atoms with Gasteiger partial charge < -0.3 is 9.88 Å². The zero-order chi connectivity index (χ0) is 21.6. The van der Waals surface area contributed by atoms with Gasteiger partial charge in [0.25, 0.3) is 0 Å². The molecular weight excluding hydrogens is 420 g/mol. The van der Waals surface area contributed by atoms with Gasteiger partial charge in [0.1, 0.15) is 11.6 Å². The molecule has 30 heavy (non-hydrogen) atoms. The zero-order valence-electron chi connectivity index (χ0n) is 16.9. The lowest BCUT2D eigenvalue weighted by molar-refractivity contribution is -0.119. The molecule has 3 rings (SSSR count). The average Bonchev–Trinajstić information content (AvgIpc) is 3.14. The summed E-state index contributed by atoms with van der Waals surface area (Å²) < 4.78 is 27.0. The van der Waals surface area contributed by atoms with Gasteiger partial charge in [-0.05, 0) is 31.5 Å². The highest BCUT2D eigenvalue weighted by atomic mass is 32.2. The molecule has 0 saturated carbocycles. The number of nitrogens with zero attached hydrogens (tertiary/aromatic N) is 3. The maximum absolute atomic E-state index is 12.6. The van der Waals surface area contributed by atoms with Gasteiger partial charge in [0.2, 0.25) is 5.91 Å². The Morgan fingerprint density at radius 3 is 2.33 bits per heavy atom. The second-order valence-corrected chi connectivity index (χ2v) is 9.64. The van der Waals surface area contributed by atoms with Crippen molar-refractivity contribution in [2.75, 3.05) is 5.75 Å². The number of rotatable bonds is 9. The molecule has 1 aromatic heterocycles. The number of carbonyl (C=O) groups is 1. The Labute approximate surface area is 180 Å². The summed E-state index contributed by atoms with van der Waals surface area (Å²) in [5.41, 5.74) is 1.03. The first-order valence-electron chi connectivity index (χ1n) is 9.57. The average molecular weight is 445 g/mol. The molecule has 1 atom stereocenters. The van der Waals surface area contributed by atoms with E-state index in [0.29, 0.717) is 17.5 Å². The molecule has 3 aromatic rings. The number of sulfone groups is 1. The molecule has 9 heteroatoms. The molecule has 0 saturated heterocycles. The monoisotopic (exact) mass is 444 g/mol. The van der Waals surface area contributed by atoms with Crippen molar-refractivity contribution in [3.63, 3.8) is 0 Å². The molecular formula is C21H24N4O3S2. The van der Waals surface area contributed by atoms with Gasteiger partial charge >= 0.3 is 0 Å². The maximum atomic E-state index is 12.6. The van der Waals surface area contributed by atoms with E-state index in [4.69, 9.17) is 0 Å².